The quantitative estimate of drug-likeness (QED) is 0.556. The summed E-state index contributed by atoms with van der Waals surface area (Å²) in [5.74, 6) is 7.19. The Morgan fingerprint density at radius 1 is 1.05 bits per heavy atom. The molecule has 0 aliphatic carbocycles. The molecule has 0 aromatic heterocycles. The number of hydrogen-bond donors (Lipinski definition) is 0. The molecule has 0 amide bonds. The average Bonchev–Trinajstić information content (AvgIpc) is 2.43. The van der Waals surface area contributed by atoms with Crippen LogP contribution in [0.3, 0.4) is 0 Å². The molecule has 21 heavy (non-hydrogen) atoms. The van der Waals surface area contributed by atoms with Crippen LogP contribution < -0.4 is 4.74 Å². The van der Waals surface area contributed by atoms with Gasteiger partial charge < -0.3 is 4.74 Å². The number of ether oxygens (including phenoxy) is 1. The van der Waals surface area contributed by atoms with E-state index in [1.807, 2.05) is 12.1 Å². The Kier molecular flexibility index (Phi) is 5.15. The standard InChI is InChI=1S/C19H21ClO/c1-19(2,3)10-12-21-18-9-8-16-13-15(5-4-11-20)6-7-17(16)14-18/h6-9,13-14H,10-12H2,1-3H3. The van der Waals surface area contributed by atoms with Gasteiger partial charge >= 0.3 is 0 Å². The summed E-state index contributed by atoms with van der Waals surface area (Å²) in [7, 11) is 0. The fraction of sp³-hybridized carbons (Fsp3) is 0.368. The maximum absolute atomic E-state index is 5.84. The van der Waals surface area contributed by atoms with Crippen molar-refractivity contribution in [1.82, 2.24) is 0 Å². The molecule has 0 bridgehead atoms. The van der Waals surface area contributed by atoms with Crippen LogP contribution in [-0.2, 0) is 0 Å². The maximum Gasteiger partial charge on any atom is 0.119 e. The molecule has 2 rings (SSSR count). The largest absolute Gasteiger partial charge is 0.494 e. The van der Waals surface area contributed by atoms with Gasteiger partial charge in [-0.05, 0) is 46.9 Å². The van der Waals surface area contributed by atoms with Gasteiger partial charge in [0.05, 0.1) is 12.5 Å². The molecule has 2 aromatic carbocycles. The molecule has 2 aromatic rings. The van der Waals surface area contributed by atoms with Gasteiger partial charge in [0.25, 0.3) is 0 Å². The number of benzene rings is 2. The molecule has 110 valence electrons. The summed E-state index contributed by atoms with van der Waals surface area (Å²) in [5, 5.41) is 2.33. The molecule has 0 radical (unpaired) electrons. The van der Waals surface area contributed by atoms with Gasteiger partial charge in [0.15, 0.2) is 0 Å². The minimum atomic E-state index is 0.298. The van der Waals surface area contributed by atoms with Crippen molar-refractivity contribution in [2.75, 3.05) is 12.5 Å². The number of rotatable bonds is 3. The predicted octanol–water partition coefficient (Wildman–Crippen LogP) is 5.25. The van der Waals surface area contributed by atoms with E-state index >= 15 is 0 Å². The number of hydrogen-bond acceptors (Lipinski definition) is 1. The Labute approximate surface area is 132 Å². The van der Waals surface area contributed by atoms with Crippen molar-refractivity contribution >= 4 is 22.4 Å². The second-order valence-electron chi connectivity index (χ2n) is 6.32. The van der Waals surface area contributed by atoms with E-state index in [9.17, 15) is 0 Å². The first-order valence-electron chi connectivity index (χ1n) is 7.19. The lowest BCUT2D eigenvalue weighted by Crippen LogP contribution is -2.11. The monoisotopic (exact) mass is 300 g/mol. The van der Waals surface area contributed by atoms with E-state index in [0.29, 0.717) is 11.3 Å². The van der Waals surface area contributed by atoms with Crippen molar-refractivity contribution in [2.24, 2.45) is 5.41 Å². The van der Waals surface area contributed by atoms with Crippen LogP contribution in [0, 0.1) is 17.3 Å². The molecular weight excluding hydrogens is 280 g/mol. The van der Waals surface area contributed by atoms with Gasteiger partial charge in [0, 0.05) is 5.56 Å². The van der Waals surface area contributed by atoms with Crippen LogP contribution in [0.1, 0.15) is 32.8 Å². The molecule has 0 atom stereocenters. The molecule has 0 aliphatic heterocycles. The molecule has 0 fully saturated rings. The number of halogens is 1. The molecule has 0 saturated heterocycles. The van der Waals surface area contributed by atoms with E-state index in [4.69, 9.17) is 16.3 Å². The molecule has 2 heteroatoms. The SMILES string of the molecule is CC(C)(C)CCOc1ccc2cc(C#CCCl)ccc2c1. The van der Waals surface area contributed by atoms with Gasteiger partial charge in [-0.15, -0.1) is 11.6 Å². The van der Waals surface area contributed by atoms with E-state index in [1.165, 1.54) is 10.8 Å². The highest BCUT2D eigenvalue weighted by atomic mass is 35.5. The van der Waals surface area contributed by atoms with E-state index in [0.717, 1.165) is 24.3 Å². The van der Waals surface area contributed by atoms with Gasteiger partial charge in [-0.25, -0.2) is 0 Å². The summed E-state index contributed by atoms with van der Waals surface area (Å²) in [6, 6.07) is 12.3. The molecular formula is C19H21ClO. The molecule has 0 unspecified atom stereocenters. The van der Waals surface area contributed by atoms with Gasteiger partial charge in [0.1, 0.15) is 5.75 Å². The molecule has 1 nitrogen and oxygen atoms in total. The van der Waals surface area contributed by atoms with Crippen molar-refractivity contribution in [1.29, 1.82) is 0 Å². The van der Waals surface area contributed by atoms with Gasteiger partial charge in [0.2, 0.25) is 0 Å². The zero-order valence-corrected chi connectivity index (χ0v) is 13.6. The lowest BCUT2D eigenvalue weighted by molar-refractivity contribution is 0.243. The summed E-state index contributed by atoms with van der Waals surface area (Å²) >= 11 is 5.58. The van der Waals surface area contributed by atoms with Crippen LogP contribution in [0.25, 0.3) is 10.8 Å². The van der Waals surface area contributed by atoms with Gasteiger partial charge in [-0.3, -0.25) is 0 Å². The Morgan fingerprint density at radius 2 is 1.76 bits per heavy atom. The zero-order chi connectivity index (χ0) is 15.3. The van der Waals surface area contributed by atoms with Crippen molar-refractivity contribution in [2.45, 2.75) is 27.2 Å². The minimum absolute atomic E-state index is 0.298. The van der Waals surface area contributed by atoms with Crippen LogP contribution >= 0.6 is 11.6 Å². The van der Waals surface area contributed by atoms with Crippen LogP contribution in [-0.4, -0.2) is 12.5 Å². The lowest BCUT2D eigenvalue weighted by Gasteiger charge is -2.18. The summed E-state index contributed by atoms with van der Waals surface area (Å²) in [4.78, 5) is 0. The van der Waals surface area contributed by atoms with Gasteiger partial charge in [-0.1, -0.05) is 44.7 Å². The summed E-state index contributed by atoms with van der Waals surface area (Å²) in [6.07, 6.45) is 1.04. The van der Waals surface area contributed by atoms with Crippen molar-refractivity contribution in [3.63, 3.8) is 0 Å². The first kappa shape index (κ1) is 15.7. The van der Waals surface area contributed by atoms with Gasteiger partial charge in [-0.2, -0.15) is 0 Å². The third-order valence-electron chi connectivity index (χ3n) is 3.23. The van der Waals surface area contributed by atoms with E-state index < -0.39 is 0 Å². The van der Waals surface area contributed by atoms with E-state index in [-0.39, 0.29) is 0 Å². The van der Waals surface area contributed by atoms with E-state index in [1.54, 1.807) is 0 Å². The smallest absolute Gasteiger partial charge is 0.119 e. The number of alkyl halides is 1. The predicted molar refractivity (Wildman–Crippen MR) is 91.1 cm³/mol. The summed E-state index contributed by atoms with van der Waals surface area (Å²) in [6.45, 7) is 7.41. The Morgan fingerprint density at radius 3 is 2.48 bits per heavy atom. The zero-order valence-electron chi connectivity index (χ0n) is 12.9. The molecule has 0 heterocycles. The highest BCUT2D eigenvalue weighted by Gasteiger charge is 2.09. The topological polar surface area (TPSA) is 9.23 Å². The second kappa shape index (κ2) is 6.87. The molecule has 0 aliphatic rings. The fourth-order valence-electron chi connectivity index (χ4n) is 2.00. The van der Waals surface area contributed by atoms with Crippen molar-refractivity contribution in [3.05, 3.63) is 42.0 Å². The first-order chi connectivity index (χ1) is 9.98. The van der Waals surface area contributed by atoms with Crippen LogP contribution in [0.5, 0.6) is 5.75 Å². The molecule has 0 N–H and O–H groups in total. The summed E-state index contributed by atoms with van der Waals surface area (Å²) in [5.41, 5.74) is 1.29. The van der Waals surface area contributed by atoms with Crippen molar-refractivity contribution in [3.8, 4) is 17.6 Å². The van der Waals surface area contributed by atoms with E-state index in [2.05, 4.69) is 56.9 Å². The average molecular weight is 301 g/mol. The maximum atomic E-state index is 5.84. The molecule has 0 spiro atoms. The first-order valence-corrected chi connectivity index (χ1v) is 7.73. The Hall–Kier alpha value is -1.65. The second-order valence-corrected chi connectivity index (χ2v) is 6.59. The van der Waals surface area contributed by atoms with Crippen LogP contribution in [0.15, 0.2) is 36.4 Å². The Balaban J connectivity index is 2.11. The third-order valence-corrected chi connectivity index (χ3v) is 3.37. The lowest BCUT2D eigenvalue weighted by atomic mass is 9.93. The van der Waals surface area contributed by atoms with Crippen molar-refractivity contribution < 1.29 is 4.74 Å². The third kappa shape index (κ3) is 4.99. The summed E-state index contributed by atoms with van der Waals surface area (Å²) < 4.78 is 5.84. The fourth-order valence-corrected chi connectivity index (χ4v) is 2.07. The molecule has 0 saturated carbocycles. The van der Waals surface area contributed by atoms with Crippen LogP contribution in [0.2, 0.25) is 0 Å². The normalized spacial score (nSPS) is 11.0. The highest BCUT2D eigenvalue weighted by molar-refractivity contribution is 6.19. The van der Waals surface area contributed by atoms with Crippen LogP contribution in [0.4, 0.5) is 0 Å². The number of fused-ring (bicyclic) bond motifs is 1. The minimum Gasteiger partial charge on any atom is -0.494 e. The Bertz CT molecular complexity index is 671. The highest BCUT2D eigenvalue weighted by Crippen LogP contribution is 2.23.